The molecule has 2 heterocycles. The summed E-state index contributed by atoms with van der Waals surface area (Å²) < 4.78 is 19.3. The summed E-state index contributed by atoms with van der Waals surface area (Å²) in [6, 6.07) is 4.13. The highest BCUT2D eigenvalue weighted by molar-refractivity contribution is 7.11. The van der Waals surface area contributed by atoms with Crippen molar-refractivity contribution in [1.29, 1.82) is 0 Å². The molecule has 2 aromatic rings. The molecule has 10 heteroatoms. The van der Waals surface area contributed by atoms with Crippen LogP contribution >= 0.6 is 11.3 Å². The molecule has 1 fully saturated rings. The molecule has 0 unspecified atom stereocenters. The molecule has 1 saturated heterocycles. The number of halogens is 1. The predicted octanol–water partition coefficient (Wildman–Crippen LogP) is 0.925. The number of nitrogens with two attached hydrogens (primary N) is 1. The number of ether oxygens (including phenoxy) is 1. The summed E-state index contributed by atoms with van der Waals surface area (Å²) >= 11 is 1.04. The molecule has 0 bridgehead atoms. The molecule has 0 aliphatic carbocycles. The summed E-state index contributed by atoms with van der Waals surface area (Å²) in [4.78, 5) is 40.2. The third kappa shape index (κ3) is 4.03. The number of anilines is 2. The molecular weight excluding hydrogens is 363 g/mol. The maximum Gasteiger partial charge on any atom is 0.277 e. The first-order valence-corrected chi connectivity index (χ1v) is 8.53. The van der Waals surface area contributed by atoms with Crippen molar-refractivity contribution in [3.05, 3.63) is 40.1 Å². The number of benzene rings is 1. The number of primary amides is 1. The van der Waals surface area contributed by atoms with Gasteiger partial charge in [0, 0.05) is 17.6 Å². The zero-order chi connectivity index (χ0) is 18.7. The Hall–Kier alpha value is -2.85. The molecule has 1 aromatic heterocycles. The first-order valence-electron chi connectivity index (χ1n) is 7.66. The Labute approximate surface area is 151 Å². The normalized spacial score (nSPS) is 14.3. The number of carbonyl (C=O) groups is 3. The summed E-state index contributed by atoms with van der Waals surface area (Å²) in [5.74, 6) is -2.06. The molecule has 0 radical (unpaired) electrons. The van der Waals surface area contributed by atoms with Crippen molar-refractivity contribution in [1.82, 2.24) is 4.98 Å². The fourth-order valence-corrected chi connectivity index (χ4v) is 3.09. The van der Waals surface area contributed by atoms with Crippen molar-refractivity contribution >= 4 is 40.4 Å². The van der Waals surface area contributed by atoms with Crippen LogP contribution in [0.15, 0.2) is 23.6 Å². The molecular formula is C16H15FN4O4S. The van der Waals surface area contributed by atoms with Crippen LogP contribution in [-0.2, 0) is 20.7 Å². The molecule has 1 aliphatic heterocycles. The van der Waals surface area contributed by atoms with Gasteiger partial charge in [0.25, 0.3) is 11.8 Å². The number of rotatable bonds is 5. The topological polar surface area (TPSA) is 115 Å². The van der Waals surface area contributed by atoms with E-state index in [4.69, 9.17) is 10.5 Å². The number of carbonyl (C=O) groups excluding carboxylic acids is 3. The van der Waals surface area contributed by atoms with E-state index in [-0.39, 0.29) is 29.6 Å². The van der Waals surface area contributed by atoms with Gasteiger partial charge in [-0.15, -0.1) is 11.3 Å². The highest BCUT2D eigenvalue weighted by atomic mass is 32.1. The molecule has 3 amide bonds. The predicted molar refractivity (Wildman–Crippen MR) is 92.5 cm³/mol. The van der Waals surface area contributed by atoms with Crippen LogP contribution in [0.3, 0.4) is 0 Å². The number of morpholine rings is 1. The van der Waals surface area contributed by atoms with Crippen molar-refractivity contribution in [2.24, 2.45) is 5.73 Å². The quantitative estimate of drug-likeness (QED) is 0.803. The van der Waals surface area contributed by atoms with Gasteiger partial charge in [0.15, 0.2) is 5.01 Å². The van der Waals surface area contributed by atoms with E-state index in [0.29, 0.717) is 24.5 Å². The van der Waals surface area contributed by atoms with Crippen molar-refractivity contribution < 1.29 is 23.5 Å². The number of thiazole rings is 1. The second-order valence-corrected chi connectivity index (χ2v) is 6.35. The van der Waals surface area contributed by atoms with Crippen molar-refractivity contribution in [2.45, 2.75) is 6.42 Å². The Bertz CT molecular complexity index is 870. The maximum absolute atomic E-state index is 14.3. The maximum atomic E-state index is 14.3. The van der Waals surface area contributed by atoms with E-state index in [1.807, 2.05) is 0 Å². The van der Waals surface area contributed by atoms with Crippen LogP contribution in [0.4, 0.5) is 15.8 Å². The Morgan fingerprint density at radius 2 is 2.23 bits per heavy atom. The molecule has 3 rings (SSSR count). The zero-order valence-electron chi connectivity index (χ0n) is 13.5. The van der Waals surface area contributed by atoms with Crippen LogP contribution in [0, 0.1) is 5.82 Å². The number of nitrogens with zero attached hydrogens (tertiary/aromatic N) is 2. The summed E-state index contributed by atoms with van der Waals surface area (Å²) in [5, 5.41) is 4.10. The molecule has 3 N–H and O–H groups in total. The van der Waals surface area contributed by atoms with E-state index in [1.165, 1.54) is 17.0 Å². The van der Waals surface area contributed by atoms with Crippen molar-refractivity contribution in [3.8, 4) is 0 Å². The third-order valence-electron chi connectivity index (χ3n) is 3.63. The van der Waals surface area contributed by atoms with Crippen molar-refractivity contribution in [2.75, 3.05) is 30.0 Å². The van der Waals surface area contributed by atoms with Gasteiger partial charge in [0.05, 0.1) is 24.4 Å². The Morgan fingerprint density at radius 3 is 2.88 bits per heavy atom. The van der Waals surface area contributed by atoms with Gasteiger partial charge in [-0.2, -0.15) is 0 Å². The molecule has 26 heavy (non-hydrogen) atoms. The fraction of sp³-hybridized carbons (Fsp3) is 0.250. The zero-order valence-corrected chi connectivity index (χ0v) is 14.3. The van der Waals surface area contributed by atoms with E-state index < -0.39 is 17.6 Å². The van der Waals surface area contributed by atoms with Gasteiger partial charge < -0.3 is 20.7 Å². The first-order chi connectivity index (χ1) is 12.4. The monoisotopic (exact) mass is 378 g/mol. The van der Waals surface area contributed by atoms with Gasteiger partial charge in [-0.3, -0.25) is 14.4 Å². The minimum atomic E-state index is -0.666. The molecule has 0 atom stereocenters. The van der Waals surface area contributed by atoms with E-state index in [1.54, 1.807) is 11.4 Å². The average Bonchev–Trinajstić information content (AvgIpc) is 3.06. The van der Waals surface area contributed by atoms with Crippen LogP contribution in [0.1, 0.15) is 15.5 Å². The van der Waals surface area contributed by atoms with Gasteiger partial charge >= 0.3 is 0 Å². The summed E-state index contributed by atoms with van der Waals surface area (Å²) in [5.41, 5.74) is 5.88. The van der Waals surface area contributed by atoms with Gasteiger partial charge in [-0.25, -0.2) is 9.37 Å². The van der Waals surface area contributed by atoms with Crippen LogP contribution in [0.2, 0.25) is 0 Å². The number of amides is 3. The lowest BCUT2D eigenvalue weighted by Gasteiger charge is -2.27. The number of hydrogen-bond donors (Lipinski definition) is 2. The summed E-state index contributed by atoms with van der Waals surface area (Å²) in [7, 11) is 0. The Kier molecular flexibility index (Phi) is 5.24. The molecule has 0 spiro atoms. The smallest absolute Gasteiger partial charge is 0.277 e. The highest BCUT2D eigenvalue weighted by Crippen LogP contribution is 2.23. The van der Waals surface area contributed by atoms with Gasteiger partial charge in [-0.1, -0.05) is 0 Å². The van der Waals surface area contributed by atoms with Crippen LogP contribution in [0.5, 0.6) is 0 Å². The number of hydrogen-bond acceptors (Lipinski definition) is 6. The molecule has 1 aliphatic rings. The Balaban J connectivity index is 1.66. The Morgan fingerprint density at radius 1 is 1.42 bits per heavy atom. The minimum Gasteiger partial charge on any atom is -0.370 e. The lowest BCUT2D eigenvalue weighted by molar-refractivity contribution is -0.125. The van der Waals surface area contributed by atoms with Crippen LogP contribution < -0.4 is 16.0 Å². The van der Waals surface area contributed by atoms with Gasteiger partial charge in [-0.05, 0) is 18.2 Å². The van der Waals surface area contributed by atoms with E-state index in [9.17, 15) is 18.8 Å². The number of nitrogens with one attached hydrogen (secondary N) is 1. The van der Waals surface area contributed by atoms with E-state index in [2.05, 4.69) is 10.3 Å². The molecule has 1 aromatic carbocycles. The largest absolute Gasteiger partial charge is 0.370 e. The number of aromatic nitrogens is 1. The highest BCUT2D eigenvalue weighted by Gasteiger charge is 2.21. The van der Waals surface area contributed by atoms with Crippen molar-refractivity contribution in [3.63, 3.8) is 0 Å². The van der Waals surface area contributed by atoms with E-state index >= 15 is 0 Å². The first kappa shape index (κ1) is 18.0. The van der Waals surface area contributed by atoms with Gasteiger partial charge in [0.1, 0.15) is 12.4 Å². The summed E-state index contributed by atoms with van der Waals surface area (Å²) in [6.45, 7) is 0.684. The second-order valence-electron chi connectivity index (χ2n) is 5.50. The SMILES string of the molecule is NC(=O)c1nc(CC(=O)Nc2ccc(N3CCOCC3=O)cc2F)cs1. The second kappa shape index (κ2) is 7.58. The fourth-order valence-electron chi connectivity index (χ4n) is 2.42. The lowest BCUT2D eigenvalue weighted by Crippen LogP contribution is -2.41. The third-order valence-corrected chi connectivity index (χ3v) is 4.53. The standard InChI is InChI=1S/C16H15FN4O4S/c17-11-6-10(21-3-4-25-7-14(21)23)1-2-12(11)20-13(22)5-9-8-26-16(19-9)15(18)24/h1-2,6,8H,3-5,7H2,(H2,18,24)(H,20,22). The minimum absolute atomic E-state index is 0.00943. The van der Waals surface area contributed by atoms with Crippen LogP contribution in [0.25, 0.3) is 0 Å². The lowest BCUT2D eigenvalue weighted by atomic mass is 10.2. The average molecular weight is 378 g/mol. The van der Waals surface area contributed by atoms with Crippen LogP contribution in [-0.4, -0.2) is 42.5 Å². The molecule has 136 valence electrons. The van der Waals surface area contributed by atoms with E-state index in [0.717, 1.165) is 11.3 Å². The van der Waals surface area contributed by atoms with Gasteiger partial charge in [0.2, 0.25) is 5.91 Å². The summed E-state index contributed by atoms with van der Waals surface area (Å²) in [6.07, 6.45) is -0.118. The molecule has 0 saturated carbocycles. The molecule has 8 nitrogen and oxygen atoms in total.